The molecule has 0 aliphatic rings. The molecule has 0 heterocycles. The van der Waals surface area contributed by atoms with Gasteiger partial charge in [0.2, 0.25) is 0 Å². The number of nitrogens with one attached hydrogen (secondary N) is 1. The molecule has 1 aromatic rings. The van der Waals surface area contributed by atoms with Crippen molar-refractivity contribution in [1.82, 2.24) is 5.32 Å². The summed E-state index contributed by atoms with van der Waals surface area (Å²) >= 11 is 6.17. The van der Waals surface area contributed by atoms with Crippen molar-refractivity contribution < 1.29 is 14.6 Å². The number of rotatable bonds is 9. The predicted molar refractivity (Wildman–Crippen MR) is 81.4 cm³/mol. The van der Waals surface area contributed by atoms with Crippen molar-refractivity contribution in [2.75, 3.05) is 19.8 Å². The zero-order valence-electron chi connectivity index (χ0n) is 12.4. The Balaban J connectivity index is 2.47. The lowest BCUT2D eigenvalue weighted by atomic mass is 10.2. The Morgan fingerprint density at radius 2 is 2.05 bits per heavy atom. The highest BCUT2D eigenvalue weighted by Gasteiger charge is 2.08. The first-order valence-corrected chi connectivity index (χ1v) is 7.31. The van der Waals surface area contributed by atoms with Gasteiger partial charge < -0.3 is 19.9 Å². The van der Waals surface area contributed by atoms with E-state index in [2.05, 4.69) is 19.2 Å². The molecule has 0 amide bonds. The maximum Gasteiger partial charge on any atom is 0.138 e. The minimum Gasteiger partial charge on any atom is -0.489 e. The Bertz CT molecular complexity index is 399. The minimum absolute atomic E-state index is 0.170. The van der Waals surface area contributed by atoms with Crippen LogP contribution in [-0.2, 0) is 11.3 Å². The number of aliphatic hydroxyl groups is 1. The van der Waals surface area contributed by atoms with Gasteiger partial charge in [-0.3, -0.25) is 0 Å². The van der Waals surface area contributed by atoms with E-state index in [1.807, 2.05) is 25.1 Å². The minimum atomic E-state index is -0.645. The standard InChI is InChI=1S/C15H24ClNO3/c1-4-19-9-13(18)10-20-15-6-5-12(7-14(15)16)8-17-11(2)3/h5-7,11,13,17-18H,4,8-10H2,1-3H3. The van der Waals surface area contributed by atoms with Crippen LogP contribution in [-0.4, -0.2) is 37.1 Å². The number of hydrogen-bond donors (Lipinski definition) is 2. The van der Waals surface area contributed by atoms with Crippen LogP contribution in [0.15, 0.2) is 18.2 Å². The number of benzene rings is 1. The number of ether oxygens (including phenoxy) is 2. The van der Waals surface area contributed by atoms with E-state index in [9.17, 15) is 5.11 Å². The summed E-state index contributed by atoms with van der Waals surface area (Å²) in [7, 11) is 0. The molecule has 1 atom stereocenters. The Morgan fingerprint density at radius 3 is 2.65 bits per heavy atom. The van der Waals surface area contributed by atoms with Crippen molar-refractivity contribution in [3.8, 4) is 5.75 Å². The number of hydrogen-bond acceptors (Lipinski definition) is 4. The fourth-order valence-corrected chi connectivity index (χ4v) is 1.84. The first-order valence-electron chi connectivity index (χ1n) is 6.93. The summed E-state index contributed by atoms with van der Waals surface area (Å²) in [6.45, 7) is 7.86. The van der Waals surface area contributed by atoms with Crippen LogP contribution in [0.25, 0.3) is 0 Å². The number of halogens is 1. The molecule has 0 saturated heterocycles. The molecule has 1 unspecified atom stereocenters. The normalized spacial score (nSPS) is 12.7. The zero-order valence-corrected chi connectivity index (χ0v) is 13.1. The average molecular weight is 302 g/mol. The third kappa shape index (κ3) is 6.57. The lowest BCUT2D eigenvalue weighted by molar-refractivity contribution is 0.0164. The van der Waals surface area contributed by atoms with Crippen LogP contribution in [0.4, 0.5) is 0 Å². The molecule has 4 nitrogen and oxygen atoms in total. The molecule has 0 aliphatic heterocycles. The van der Waals surface area contributed by atoms with Crippen LogP contribution >= 0.6 is 11.6 Å². The molecule has 0 fully saturated rings. The molecule has 0 bridgehead atoms. The summed E-state index contributed by atoms with van der Waals surface area (Å²) in [6, 6.07) is 6.10. The van der Waals surface area contributed by atoms with Gasteiger partial charge in [0.05, 0.1) is 11.6 Å². The van der Waals surface area contributed by atoms with Crippen molar-refractivity contribution >= 4 is 11.6 Å². The topological polar surface area (TPSA) is 50.7 Å². The Morgan fingerprint density at radius 1 is 1.30 bits per heavy atom. The molecule has 5 heteroatoms. The summed E-state index contributed by atoms with van der Waals surface area (Å²) in [4.78, 5) is 0. The summed E-state index contributed by atoms with van der Waals surface area (Å²) in [5.41, 5.74) is 1.10. The van der Waals surface area contributed by atoms with Crippen LogP contribution in [0.3, 0.4) is 0 Å². The van der Waals surface area contributed by atoms with E-state index in [0.29, 0.717) is 23.4 Å². The molecular weight excluding hydrogens is 278 g/mol. The molecule has 20 heavy (non-hydrogen) atoms. The summed E-state index contributed by atoms with van der Waals surface area (Å²) in [5.74, 6) is 0.579. The molecular formula is C15H24ClNO3. The van der Waals surface area contributed by atoms with Crippen molar-refractivity contribution in [1.29, 1.82) is 0 Å². The third-order valence-electron chi connectivity index (χ3n) is 2.66. The first kappa shape index (κ1) is 17.2. The molecule has 1 aromatic carbocycles. The Hall–Kier alpha value is -0.810. The monoisotopic (exact) mass is 301 g/mol. The fraction of sp³-hybridized carbons (Fsp3) is 0.600. The average Bonchev–Trinajstić information content (AvgIpc) is 2.41. The van der Waals surface area contributed by atoms with Crippen molar-refractivity contribution in [2.24, 2.45) is 0 Å². The van der Waals surface area contributed by atoms with Gasteiger partial charge >= 0.3 is 0 Å². The van der Waals surface area contributed by atoms with Crippen LogP contribution < -0.4 is 10.1 Å². The van der Waals surface area contributed by atoms with Crippen molar-refractivity contribution in [2.45, 2.75) is 39.5 Å². The van der Waals surface area contributed by atoms with Gasteiger partial charge in [0.25, 0.3) is 0 Å². The summed E-state index contributed by atoms with van der Waals surface area (Å²) in [6.07, 6.45) is -0.645. The maximum atomic E-state index is 9.63. The van der Waals surface area contributed by atoms with Crippen molar-refractivity contribution in [3.63, 3.8) is 0 Å². The van der Waals surface area contributed by atoms with Crippen LogP contribution in [0.5, 0.6) is 5.75 Å². The van der Waals surface area contributed by atoms with E-state index >= 15 is 0 Å². The Kier molecular flexibility index (Phi) is 7.92. The Labute approximate surface area is 126 Å². The smallest absolute Gasteiger partial charge is 0.138 e. The summed E-state index contributed by atoms with van der Waals surface area (Å²) < 4.78 is 10.6. The van der Waals surface area contributed by atoms with Crippen molar-refractivity contribution in [3.05, 3.63) is 28.8 Å². The van der Waals surface area contributed by atoms with E-state index in [1.54, 1.807) is 0 Å². The number of aliphatic hydroxyl groups excluding tert-OH is 1. The second-order valence-electron chi connectivity index (χ2n) is 4.92. The van der Waals surface area contributed by atoms with Gasteiger partial charge in [0.15, 0.2) is 0 Å². The van der Waals surface area contributed by atoms with Gasteiger partial charge in [-0.2, -0.15) is 0 Å². The molecule has 2 N–H and O–H groups in total. The highest BCUT2D eigenvalue weighted by molar-refractivity contribution is 6.32. The zero-order chi connectivity index (χ0) is 15.0. The molecule has 1 rings (SSSR count). The van der Waals surface area contributed by atoms with E-state index in [4.69, 9.17) is 21.1 Å². The molecule has 0 saturated carbocycles. The van der Waals surface area contributed by atoms with Crippen LogP contribution in [0.1, 0.15) is 26.3 Å². The third-order valence-corrected chi connectivity index (χ3v) is 2.95. The quantitative estimate of drug-likeness (QED) is 0.736. The van der Waals surface area contributed by atoms with Gasteiger partial charge in [0.1, 0.15) is 18.5 Å². The van der Waals surface area contributed by atoms with Gasteiger partial charge in [-0.15, -0.1) is 0 Å². The second kappa shape index (κ2) is 9.19. The maximum absolute atomic E-state index is 9.63. The van der Waals surface area contributed by atoms with Gasteiger partial charge in [0, 0.05) is 19.2 Å². The second-order valence-corrected chi connectivity index (χ2v) is 5.33. The molecule has 0 spiro atoms. The van der Waals surface area contributed by atoms with Gasteiger partial charge in [-0.1, -0.05) is 31.5 Å². The van der Waals surface area contributed by atoms with E-state index in [-0.39, 0.29) is 13.2 Å². The first-order chi connectivity index (χ1) is 9.52. The van der Waals surface area contributed by atoms with Crippen LogP contribution in [0, 0.1) is 0 Å². The fourth-order valence-electron chi connectivity index (χ4n) is 1.58. The lowest BCUT2D eigenvalue weighted by Gasteiger charge is -2.14. The lowest BCUT2D eigenvalue weighted by Crippen LogP contribution is -2.23. The largest absolute Gasteiger partial charge is 0.489 e. The molecule has 0 aromatic heterocycles. The molecule has 0 aliphatic carbocycles. The predicted octanol–water partition coefficient (Wildman–Crippen LogP) is 2.61. The van der Waals surface area contributed by atoms with E-state index in [0.717, 1.165) is 12.1 Å². The van der Waals surface area contributed by atoms with E-state index in [1.165, 1.54) is 0 Å². The highest BCUT2D eigenvalue weighted by Crippen LogP contribution is 2.25. The highest BCUT2D eigenvalue weighted by atomic mass is 35.5. The van der Waals surface area contributed by atoms with Gasteiger partial charge in [-0.25, -0.2) is 0 Å². The molecule has 0 radical (unpaired) electrons. The molecule has 114 valence electrons. The summed E-state index contributed by atoms with van der Waals surface area (Å²) in [5, 5.41) is 13.5. The SMILES string of the molecule is CCOCC(O)COc1ccc(CNC(C)C)cc1Cl. The van der Waals surface area contributed by atoms with Gasteiger partial charge in [-0.05, 0) is 24.6 Å². The van der Waals surface area contributed by atoms with Crippen LogP contribution in [0.2, 0.25) is 5.02 Å². The van der Waals surface area contributed by atoms with E-state index < -0.39 is 6.10 Å².